The molecule has 0 radical (unpaired) electrons. The van der Waals surface area contributed by atoms with Crippen LogP contribution < -0.4 is 15.4 Å². The quantitative estimate of drug-likeness (QED) is 0.568. The van der Waals surface area contributed by atoms with Crippen LogP contribution in [0.25, 0.3) is 11.4 Å². The smallest absolute Gasteiger partial charge is 0.405 e. The van der Waals surface area contributed by atoms with E-state index in [4.69, 9.17) is 0 Å². The molecule has 0 unspecified atom stereocenters. The predicted octanol–water partition coefficient (Wildman–Crippen LogP) is 3.26. The van der Waals surface area contributed by atoms with Crippen molar-refractivity contribution < 1.29 is 27.5 Å². The second kappa shape index (κ2) is 8.64. The van der Waals surface area contributed by atoms with Gasteiger partial charge < -0.3 is 15.4 Å². The number of hydrogen-bond donors (Lipinski definition) is 3. The lowest BCUT2D eigenvalue weighted by atomic mass is 10.1. The number of anilines is 1. The largest absolute Gasteiger partial charge is 0.573 e. The SMILES string of the molecule is CC(=O)Nc1ccccc1-c1nc(CNC(=O)c2ccccc2OC(F)(F)F)n[nH]1. The molecule has 0 fully saturated rings. The number of nitrogens with one attached hydrogen (secondary N) is 3. The molecule has 11 heteroatoms. The van der Waals surface area contributed by atoms with Crippen LogP contribution >= 0.6 is 0 Å². The zero-order valence-electron chi connectivity index (χ0n) is 15.6. The first-order valence-electron chi connectivity index (χ1n) is 8.64. The van der Waals surface area contributed by atoms with Gasteiger partial charge in [-0.05, 0) is 24.3 Å². The van der Waals surface area contributed by atoms with Crippen molar-refractivity contribution >= 4 is 17.5 Å². The van der Waals surface area contributed by atoms with Gasteiger partial charge in [-0.15, -0.1) is 13.2 Å². The Morgan fingerprint density at radius 2 is 1.80 bits per heavy atom. The number of aromatic amines is 1. The van der Waals surface area contributed by atoms with Crippen molar-refractivity contribution in [3.63, 3.8) is 0 Å². The predicted molar refractivity (Wildman–Crippen MR) is 100 cm³/mol. The molecule has 3 aromatic rings. The molecule has 2 amide bonds. The normalized spacial score (nSPS) is 11.1. The van der Waals surface area contributed by atoms with Crippen LogP contribution in [-0.2, 0) is 11.3 Å². The van der Waals surface area contributed by atoms with E-state index in [2.05, 4.69) is 30.6 Å². The van der Waals surface area contributed by atoms with E-state index in [9.17, 15) is 22.8 Å². The van der Waals surface area contributed by atoms with Crippen LogP contribution in [0, 0.1) is 0 Å². The first kappa shape index (κ1) is 20.8. The Balaban J connectivity index is 1.71. The van der Waals surface area contributed by atoms with Gasteiger partial charge in [0.15, 0.2) is 11.6 Å². The molecule has 3 rings (SSSR count). The van der Waals surface area contributed by atoms with E-state index in [-0.39, 0.29) is 23.8 Å². The number of benzene rings is 2. The molecule has 0 saturated heterocycles. The summed E-state index contributed by atoms with van der Waals surface area (Å²) in [5.41, 5.74) is 0.832. The van der Waals surface area contributed by atoms with Crippen LogP contribution in [0.15, 0.2) is 48.5 Å². The lowest BCUT2D eigenvalue weighted by Crippen LogP contribution is -2.26. The second-order valence-corrected chi connectivity index (χ2v) is 6.05. The molecule has 0 spiro atoms. The summed E-state index contributed by atoms with van der Waals surface area (Å²) in [5.74, 6) is -1.09. The number of hydrogen-bond acceptors (Lipinski definition) is 5. The fourth-order valence-electron chi connectivity index (χ4n) is 2.61. The van der Waals surface area contributed by atoms with Crippen molar-refractivity contribution in [2.45, 2.75) is 19.8 Å². The van der Waals surface area contributed by atoms with Crippen LogP contribution in [0.1, 0.15) is 23.1 Å². The van der Waals surface area contributed by atoms with Crippen molar-refractivity contribution in [2.24, 2.45) is 0 Å². The molecule has 0 aliphatic heterocycles. The maximum absolute atomic E-state index is 12.5. The number of amides is 2. The first-order valence-corrected chi connectivity index (χ1v) is 8.64. The Bertz CT molecular complexity index is 1070. The second-order valence-electron chi connectivity index (χ2n) is 6.05. The molecule has 3 N–H and O–H groups in total. The summed E-state index contributed by atoms with van der Waals surface area (Å²) in [6.45, 7) is 1.23. The molecule has 1 aromatic heterocycles. The van der Waals surface area contributed by atoms with Crippen molar-refractivity contribution in [3.8, 4) is 17.1 Å². The van der Waals surface area contributed by atoms with Gasteiger partial charge in [0.05, 0.1) is 17.8 Å². The Morgan fingerprint density at radius 1 is 1.10 bits per heavy atom. The molecule has 0 aliphatic rings. The van der Waals surface area contributed by atoms with E-state index in [1.165, 1.54) is 25.1 Å². The molecule has 0 atom stereocenters. The highest BCUT2D eigenvalue weighted by molar-refractivity contribution is 5.97. The van der Waals surface area contributed by atoms with E-state index in [0.717, 1.165) is 6.07 Å². The molecule has 1 heterocycles. The van der Waals surface area contributed by atoms with Gasteiger partial charge in [-0.1, -0.05) is 24.3 Å². The van der Waals surface area contributed by atoms with Gasteiger partial charge in [0.1, 0.15) is 5.75 Å². The minimum atomic E-state index is -4.92. The highest BCUT2D eigenvalue weighted by atomic mass is 19.4. The lowest BCUT2D eigenvalue weighted by molar-refractivity contribution is -0.274. The summed E-state index contributed by atoms with van der Waals surface area (Å²) in [6.07, 6.45) is -4.92. The number of halogens is 3. The number of para-hydroxylation sites is 2. The van der Waals surface area contributed by atoms with Gasteiger partial charge >= 0.3 is 6.36 Å². The van der Waals surface area contributed by atoms with E-state index >= 15 is 0 Å². The zero-order chi connectivity index (χ0) is 21.7. The summed E-state index contributed by atoms with van der Waals surface area (Å²) >= 11 is 0. The van der Waals surface area contributed by atoms with Crippen molar-refractivity contribution in [3.05, 3.63) is 59.9 Å². The zero-order valence-corrected chi connectivity index (χ0v) is 15.6. The van der Waals surface area contributed by atoms with Gasteiger partial charge in [0.2, 0.25) is 5.91 Å². The van der Waals surface area contributed by atoms with Crippen LogP contribution in [0.5, 0.6) is 5.75 Å². The van der Waals surface area contributed by atoms with Gasteiger partial charge in [0.25, 0.3) is 5.91 Å². The van der Waals surface area contributed by atoms with Crippen LogP contribution in [0.2, 0.25) is 0 Å². The standard InChI is InChI=1S/C19H16F3N5O3/c1-11(28)24-14-8-4-2-6-12(14)17-25-16(26-27-17)10-23-18(29)13-7-3-5-9-15(13)30-19(20,21)22/h2-9H,10H2,1H3,(H,23,29)(H,24,28)(H,25,26,27). The number of aromatic nitrogens is 3. The number of carbonyl (C=O) groups is 2. The summed E-state index contributed by atoms with van der Waals surface area (Å²) in [6, 6.07) is 11.9. The highest BCUT2D eigenvalue weighted by Crippen LogP contribution is 2.27. The molecule has 2 aromatic carbocycles. The molecular weight excluding hydrogens is 403 g/mol. The molecular formula is C19H16F3N5O3. The molecule has 156 valence electrons. The number of alkyl halides is 3. The fraction of sp³-hybridized carbons (Fsp3) is 0.158. The Labute approximate surface area is 168 Å². The van der Waals surface area contributed by atoms with E-state index in [1.807, 2.05) is 0 Å². The van der Waals surface area contributed by atoms with Gasteiger partial charge in [0, 0.05) is 12.5 Å². The van der Waals surface area contributed by atoms with Gasteiger partial charge in [-0.25, -0.2) is 4.98 Å². The van der Waals surface area contributed by atoms with E-state index in [0.29, 0.717) is 17.1 Å². The highest BCUT2D eigenvalue weighted by Gasteiger charge is 2.32. The number of rotatable bonds is 6. The summed E-state index contributed by atoms with van der Waals surface area (Å²) in [4.78, 5) is 27.9. The maximum Gasteiger partial charge on any atom is 0.573 e. The lowest BCUT2D eigenvalue weighted by Gasteiger charge is -2.12. The molecule has 0 saturated carbocycles. The molecule has 0 bridgehead atoms. The summed E-state index contributed by atoms with van der Waals surface area (Å²) in [7, 11) is 0. The molecule has 8 nitrogen and oxygen atoms in total. The number of nitrogens with zero attached hydrogens (tertiary/aromatic N) is 2. The Kier molecular flexibility index (Phi) is 6.00. The average molecular weight is 419 g/mol. The van der Waals surface area contributed by atoms with E-state index in [1.54, 1.807) is 24.3 Å². The van der Waals surface area contributed by atoms with Gasteiger partial charge in [-0.2, -0.15) is 5.10 Å². The van der Waals surface area contributed by atoms with Crippen LogP contribution in [0.3, 0.4) is 0 Å². The van der Waals surface area contributed by atoms with Gasteiger partial charge in [-0.3, -0.25) is 14.7 Å². The molecule has 30 heavy (non-hydrogen) atoms. The third-order valence-corrected chi connectivity index (χ3v) is 3.79. The minimum absolute atomic E-state index is 0.141. The number of H-pyrrole nitrogens is 1. The summed E-state index contributed by atoms with van der Waals surface area (Å²) in [5, 5.41) is 11.8. The minimum Gasteiger partial charge on any atom is -0.405 e. The van der Waals surface area contributed by atoms with Crippen molar-refractivity contribution in [2.75, 3.05) is 5.32 Å². The van der Waals surface area contributed by atoms with Crippen LogP contribution in [-0.4, -0.2) is 33.4 Å². The maximum atomic E-state index is 12.5. The third kappa shape index (κ3) is 5.34. The third-order valence-electron chi connectivity index (χ3n) is 3.79. The topological polar surface area (TPSA) is 109 Å². The first-order chi connectivity index (χ1) is 14.2. The molecule has 0 aliphatic carbocycles. The number of carbonyl (C=O) groups excluding carboxylic acids is 2. The summed E-state index contributed by atoms with van der Waals surface area (Å²) < 4.78 is 41.4. The van der Waals surface area contributed by atoms with Crippen molar-refractivity contribution in [1.82, 2.24) is 20.5 Å². The monoisotopic (exact) mass is 419 g/mol. The number of ether oxygens (including phenoxy) is 1. The van der Waals surface area contributed by atoms with E-state index < -0.39 is 18.0 Å². The Hall–Kier alpha value is -3.89. The van der Waals surface area contributed by atoms with Crippen LogP contribution in [0.4, 0.5) is 18.9 Å². The van der Waals surface area contributed by atoms with Crippen molar-refractivity contribution in [1.29, 1.82) is 0 Å². The average Bonchev–Trinajstić information content (AvgIpc) is 3.14. The fourth-order valence-corrected chi connectivity index (χ4v) is 2.61. The Morgan fingerprint density at radius 3 is 2.53 bits per heavy atom.